The van der Waals surface area contributed by atoms with Gasteiger partial charge in [0.25, 0.3) is 5.91 Å². The van der Waals surface area contributed by atoms with E-state index in [1.165, 1.54) is 0 Å². The van der Waals surface area contributed by atoms with E-state index < -0.39 is 0 Å². The van der Waals surface area contributed by atoms with Crippen LogP contribution in [0, 0.1) is 0 Å². The first-order valence-corrected chi connectivity index (χ1v) is 8.12. The summed E-state index contributed by atoms with van der Waals surface area (Å²) < 4.78 is 0. The maximum atomic E-state index is 12.2. The molecule has 0 spiro atoms. The second-order valence-electron chi connectivity index (χ2n) is 6.00. The zero-order valence-electron chi connectivity index (χ0n) is 13.9. The van der Waals surface area contributed by atoms with E-state index in [1.54, 1.807) is 24.3 Å². The Balaban J connectivity index is 0.00000225. The van der Waals surface area contributed by atoms with Crippen molar-refractivity contribution in [1.29, 1.82) is 0 Å². The number of anilines is 1. The van der Waals surface area contributed by atoms with Crippen LogP contribution >= 0.6 is 12.4 Å². The number of benzene rings is 2. The summed E-state index contributed by atoms with van der Waals surface area (Å²) in [6.07, 6.45) is 1.56. The Morgan fingerprint density at radius 1 is 1.12 bits per heavy atom. The number of likely N-dealkylation sites (tertiary alicyclic amines) is 1. The number of hydrogen-bond donors (Lipinski definition) is 2. The molecule has 5 nitrogen and oxygen atoms in total. The minimum absolute atomic E-state index is 0. The van der Waals surface area contributed by atoms with Crippen LogP contribution in [0.3, 0.4) is 0 Å². The normalized spacial score (nSPS) is 13.4. The van der Waals surface area contributed by atoms with E-state index in [-0.39, 0.29) is 24.2 Å². The van der Waals surface area contributed by atoms with Crippen LogP contribution in [0.4, 0.5) is 5.69 Å². The Morgan fingerprint density at radius 2 is 1.88 bits per heavy atom. The highest BCUT2D eigenvalue weighted by Crippen LogP contribution is 2.17. The highest BCUT2D eigenvalue weighted by atomic mass is 35.5. The molecule has 1 aliphatic heterocycles. The van der Waals surface area contributed by atoms with Crippen LogP contribution in [-0.2, 0) is 17.9 Å². The van der Waals surface area contributed by atoms with E-state index in [4.69, 9.17) is 5.73 Å². The summed E-state index contributed by atoms with van der Waals surface area (Å²) in [7, 11) is 0. The van der Waals surface area contributed by atoms with Crippen LogP contribution in [0.15, 0.2) is 48.5 Å². The molecule has 2 aromatic rings. The number of amides is 2. The maximum absolute atomic E-state index is 12.2. The number of carbonyl (C=O) groups excluding carboxylic acids is 2. The molecule has 3 N–H and O–H groups in total. The zero-order valence-corrected chi connectivity index (χ0v) is 14.7. The Morgan fingerprint density at radius 3 is 2.56 bits per heavy atom. The predicted molar refractivity (Wildman–Crippen MR) is 100 cm³/mol. The van der Waals surface area contributed by atoms with Gasteiger partial charge in [0.1, 0.15) is 0 Å². The maximum Gasteiger partial charge on any atom is 0.251 e. The number of nitrogens with one attached hydrogen (secondary N) is 1. The van der Waals surface area contributed by atoms with Gasteiger partial charge in [0, 0.05) is 37.3 Å². The highest BCUT2D eigenvalue weighted by molar-refractivity contribution is 5.94. The number of hydrogen-bond acceptors (Lipinski definition) is 3. The molecule has 0 atom stereocenters. The molecule has 1 heterocycles. The topological polar surface area (TPSA) is 75.4 Å². The Labute approximate surface area is 153 Å². The summed E-state index contributed by atoms with van der Waals surface area (Å²) in [6, 6.07) is 14.8. The molecule has 2 aromatic carbocycles. The molecule has 1 fully saturated rings. The number of rotatable bonds is 5. The molecule has 1 aliphatic rings. The lowest BCUT2D eigenvalue weighted by molar-refractivity contribution is -0.128. The van der Waals surface area contributed by atoms with E-state index in [9.17, 15) is 9.59 Å². The second-order valence-corrected chi connectivity index (χ2v) is 6.00. The van der Waals surface area contributed by atoms with Gasteiger partial charge >= 0.3 is 0 Å². The lowest BCUT2D eigenvalue weighted by Crippen LogP contribution is -2.26. The van der Waals surface area contributed by atoms with Crippen LogP contribution in [0.2, 0.25) is 0 Å². The van der Waals surface area contributed by atoms with Crippen molar-refractivity contribution in [2.24, 2.45) is 0 Å². The van der Waals surface area contributed by atoms with Crippen molar-refractivity contribution < 1.29 is 9.59 Å². The zero-order chi connectivity index (χ0) is 16.9. The van der Waals surface area contributed by atoms with Crippen LogP contribution < -0.4 is 11.1 Å². The smallest absolute Gasteiger partial charge is 0.251 e. The lowest BCUT2D eigenvalue weighted by Gasteiger charge is -2.18. The fourth-order valence-corrected chi connectivity index (χ4v) is 2.92. The highest BCUT2D eigenvalue weighted by Gasteiger charge is 2.20. The minimum atomic E-state index is -0.158. The summed E-state index contributed by atoms with van der Waals surface area (Å²) in [5.41, 5.74) is 8.92. The van der Waals surface area contributed by atoms with Crippen molar-refractivity contribution >= 4 is 29.9 Å². The van der Waals surface area contributed by atoms with Crippen LogP contribution in [-0.4, -0.2) is 23.3 Å². The first-order valence-electron chi connectivity index (χ1n) is 8.12. The number of nitrogen functional groups attached to an aromatic ring is 1. The van der Waals surface area contributed by atoms with Crippen LogP contribution in [0.5, 0.6) is 0 Å². The van der Waals surface area contributed by atoms with Gasteiger partial charge in [0.15, 0.2) is 0 Å². The van der Waals surface area contributed by atoms with E-state index in [0.29, 0.717) is 30.8 Å². The van der Waals surface area contributed by atoms with Crippen molar-refractivity contribution in [2.45, 2.75) is 25.9 Å². The molecule has 0 saturated carbocycles. The van der Waals surface area contributed by atoms with Crippen molar-refractivity contribution in [3.63, 3.8) is 0 Å². The molecule has 2 amide bonds. The number of nitrogens with zero attached hydrogens (tertiary/aromatic N) is 1. The van der Waals surface area contributed by atoms with Crippen LogP contribution in [0.1, 0.15) is 34.3 Å². The van der Waals surface area contributed by atoms with Crippen molar-refractivity contribution in [3.8, 4) is 0 Å². The SMILES string of the molecule is Cl.Nc1cccc(C(=O)NCc2ccccc2CN2CCCC2=O)c1. The number of nitrogens with two attached hydrogens (primary N) is 1. The van der Waals surface area contributed by atoms with E-state index in [0.717, 1.165) is 24.1 Å². The lowest BCUT2D eigenvalue weighted by atomic mass is 10.1. The first-order chi connectivity index (χ1) is 11.6. The summed E-state index contributed by atoms with van der Waals surface area (Å²) >= 11 is 0. The quantitative estimate of drug-likeness (QED) is 0.806. The third kappa shape index (κ3) is 4.73. The number of halogens is 1. The molecular weight excluding hydrogens is 338 g/mol. The average Bonchev–Trinajstić information content (AvgIpc) is 2.99. The molecule has 0 aliphatic carbocycles. The predicted octanol–water partition coefficient (Wildman–Crippen LogP) is 2.74. The molecule has 0 unspecified atom stereocenters. The van der Waals surface area contributed by atoms with Gasteiger partial charge in [0.05, 0.1) is 0 Å². The molecule has 0 radical (unpaired) electrons. The summed E-state index contributed by atoms with van der Waals surface area (Å²) in [5.74, 6) is 0.0444. The standard InChI is InChI=1S/C19H21N3O2.ClH/c20-17-8-3-7-14(11-17)19(24)21-12-15-5-1-2-6-16(15)13-22-10-4-9-18(22)23;/h1-3,5-8,11H,4,9-10,12-13,20H2,(H,21,24);1H. The Hall–Kier alpha value is -2.53. The van der Waals surface area contributed by atoms with E-state index in [2.05, 4.69) is 5.32 Å². The molecular formula is C19H22ClN3O2. The third-order valence-electron chi connectivity index (χ3n) is 4.24. The second kappa shape index (κ2) is 8.53. The Bertz CT molecular complexity index is 764. The van der Waals surface area contributed by atoms with Crippen molar-refractivity contribution in [3.05, 3.63) is 65.2 Å². The van der Waals surface area contributed by atoms with Gasteiger partial charge < -0.3 is 16.0 Å². The van der Waals surface area contributed by atoms with Gasteiger partial charge in [-0.05, 0) is 35.7 Å². The monoisotopic (exact) mass is 359 g/mol. The fraction of sp³-hybridized carbons (Fsp3) is 0.263. The molecule has 0 aromatic heterocycles. The molecule has 3 rings (SSSR count). The van der Waals surface area contributed by atoms with Gasteiger partial charge in [-0.25, -0.2) is 0 Å². The average molecular weight is 360 g/mol. The van der Waals surface area contributed by atoms with Crippen molar-refractivity contribution in [1.82, 2.24) is 10.2 Å². The molecule has 6 heteroatoms. The summed E-state index contributed by atoms with van der Waals surface area (Å²) in [5, 5.41) is 2.92. The minimum Gasteiger partial charge on any atom is -0.399 e. The third-order valence-corrected chi connectivity index (χ3v) is 4.24. The van der Waals surface area contributed by atoms with Crippen LogP contribution in [0.25, 0.3) is 0 Å². The fourth-order valence-electron chi connectivity index (χ4n) is 2.92. The van der Waals surface area contributed by atoms with E-state index >= 15 is 0 Å². The molecule has 1 saturated heterocycles. The molecule has 132 valence electrons. The molecule has 0 bridgehead atoms. The summed E-state index contributed by atoms with van der Waals surface area (Å²) in [4.78, 5) is 25.9. The number of carbonyl (C=O) groups is 2. The van der Waals surface area contributed by atoms with Crippen molar-refractivity contribution in [2.75, 3.05) is 12.3 Å². The van der Waals surface area contributed by atoms with Gasteiger partial charge in [-0.2, -0.15) is 0 Å². The summed E-state index contributed by atoms with van der Waals surface area (Å²) in [6.45, 7) is 1.83. The largest absolute Gasteiger partial charge is 0.399 e. The van der Waals surface area contributed by atoms with E-state index in [1.807, 2.05) is 29.2 Å². The van der Waals surface area contributed by atoms with Gasteiger partial charge in [-0.1, -0.05) is 30.3 Å². The first kappa shape index (κ1) is 18.8. The van der Waals surface area contributed by atoms with Gasteiger partial charge in [-0.3, -0.25) is 9.59 Å². The Kier molecular flexibility index (Phi) is 6.42. The van der Waals surface area contributed by atoms with Gasteiger partial charge in [-0.15, -0.1) is 12.4 Å². The van der Waals surface area contributed by atoms with Gasteiger partial charge in [0.2, 0.25) is 5.91 Å². The molecule has 25 heavy (non-hydrogen) atoms.